The van der Waals surface area contributed by atoms with Crippen molar-refractivity contribution in [2.75, 3.05) is 11.1 Å². The zero-order valence-electron chi connectivity index (χ0n) is 10.5. The Morgan fingerprint density at radius 3 is 3.20 bits per heavy atom. The topological polar surface area (TPSA) is 69.8 Å². The Labute approximate surface area is 125 Å². The number of nitrogens with zero attached hydrogens (tertiary/aromatic N) is 1. The molecule has 0 fully saturated rings. The van der Waals surface area contributed by atoms with Gasteiger partial charge in [-0.15, -0.1) is 11.8 Å². The minimum absolute atomic E-state index is 0.0168. The van der Waals surface area contributed by atoms with E-state index in [9.17, 15) is 4.79 Å². The average Bonchev–Trinajstić information content (AvgIpc) is 2.92. The van der Waals surface area contributed by atoms with Crippen molar-refractivity contribution >= 4 is 35.1 Å². The lowest BCUT2D eigenvalue weighted by Gasteiger charge is -2.26. The van der Waals surface area contributed by atoms with Gasteiger partial charge in [0.15, 0.2) is 0 Å². The predicted molar refractivity (Wildman–Crippen MR) is 80.3 cm³/mol. The summed E-state index contributed by atoms with van der Waals surface area (Å²) in [5.74, 6) is 0.977. The smallest absolute Gasteiger partial charge is 0.319 e. The molecular weight excluding hydrogens is 296 g/mol. The SMILES string of the molecule is O=C(Nc1cn[nH]c1)NC1CCSc2ccc(Cl)cc21. The fourth-order valence-electron chi connectivity index (χ4n) is 2.16. The molecule has 2 aromatic rings. The highest BCUT2D eigenvalue weighted by molar-refractivity contribution is 7.99. The van der Waals surface area contributed by atoms with E-state index in [1.165, 1.54) is 4.90 Å². The highest BCUT2D eigenvalue weighted by atomic mass is 35.5. The van der Waals surface area contributed by atoms with Gasteiger partial charge in [0.25, 0.3) is 0 Å². The molecule has 0 spiro atoms. The number of aromatic amines is 1. The average molecular weight is 309 g/mol. The largest absolute Gasteiger partial charge is 0.331 e. The van der Waals surface area contributed by atoms with Crippen molar-refractivity contribution < 1.29 is 4.79 Å². The van der Waals surface area contributed by atoms with Gasteiger partial charge in [0.1, 0.15) is 0 Å². The molecule has 0 saturated carbocycles. The number of hydrogen-bond donors (Lipinski definition) is 3. The van der Waals surface area contributed by atoms with Gasteiger partial charge >= 0.3 is 6.03 Å². The van der Waals surface area contributed by atoms with Crippen LogP contribution in [-0.4, -0.2) is 22.0 Å². The molecule has 2 heterocycles. The van der Waals surface area contributed by atoms with Crippen LogP contribution in [0.25, 0.3) is 0 Å². The Balaban J connectivity index is 1.72. The molecule has 0 aliphatic carbocycles. The van der Waals surface area contributed by atoms with E-state index in [-0.39, 0.29) is 12.1 Å². The third kappa shape index (κ3) is 2.91. The van der Waals surface area contributed by atoms with E-state index in [4.69, 9.17) is 11.6 Å². The molecule has 1 unspecified atom stereocenters. The van der Waals surface area contributed by atoms with Crippen LogP contribution in [0.15, 0.2) is 35.5 Å². The number of rotatable bonds is 2. The molecule has 5 nitrogen and oxygen atoms in total. The number of anilines is 1. The molecule has 1 aliphatic heterocycles. The van der Waals surface area contributed by atoms with E-state index in [1.54, 1.807) is 24.2 Å². The van der Waals surface area contributed by atoms with Crippen LogP contribution in [0.1, 0.15) is 18.0 Å². The van der Waals surface area contributed by atoms with E-state index in [1.807, 2.05) is 18.2 Å². The van der Waals surface area contributed by atoms with E-state index < -0.39 is 0 Å². The van der Waals surface area contributed by atoms with Gasteiger partial charge in [-0.05, 0) is 30.2 Å². The van der Waals surface area contributed by atoms with Crippen LogP contribution in [-0.2, 0) is 0 Å². The summed E-state index contributed by atoms with van der Waals surface area (Å²) in [5.41, 5.74) is 1.72. The third-order valence-electron chi connectivity index (χ3n) is 3.07. The second kappa shape index (κ2) is 5.76. The molecule has 2 amide bonds. The molecule has 1 aromatic carbocycles. The van der Waals surface area contributed by atoms with Crippen LogP contribution < -0.4 is 10.6 Å². The van der Waals surface area contributed by atoms with Crippen molar-refractivity contribution in [1.82, 2.24) is 15.5 Å². The number of amides is 2. The number of benzene rings is 1. The lowest BCUT2D eigenvalue weighted by Crippen LogP contribution is -2.34. The number of thioether (sulfide) groups is 1. The monoisotopic (exact) mass is 308 g/mol. The summed E-state index contributed by atoms with van der Waals surface area (Å²) in [4.78, 5) is 13.1. The Bertz CT molecular complexity index is 617. The number of hydrogen-bond acceptors (Lipinski definition) is 3. The van der Waals surface area contributed by atoms with Gasteiger partial charge < -0.3 is 10.6 Å². The van der Waals surface area contributed by atoms with Crippen LogP contribution in [0.2, 0.25) is 5.02 Å². The maximum Gasteiger partial charge on any atom is 0.319 e. The molecule has 104 valence electrons. The molecule has 3 rings (SSSR count). The summed E-state index contributed by atoms with van der Waals surface area (Å²) in [6, 6.07) is 5.54. The minimum Gasteiger partial charge on any atom is -0.331 e. The van der Waals surface area contributed by atoms with Crippen molar-refractivity contribution in [3.63, 3.8) is 0 Å². The summed E-state index contributed by atoms with van der Waals surface area (Å²) in [5, 5.41) is 12.8. The first-order valence-electron chi connectivity index (χ1n) is 6.21. The predicted octanol–water partition coefficient (Wildman–Crippen LogP) is 3.42. The number of H-pyrrole nitrogens is 1. The van der Waals surface area contributed by atoms with Gasteiger partial charge in [-0.25, -0.2) is 4.79 Å². The van der Waals surface area contributed by atoms with Gasteiger partial charge in [-0.2, -0.15) is 5.10 Å². The first-order chi connectivity index (χ1) is 9.72. The van der Waals surface area contributed by atoms with Gasteiger partial charge in [0.05, 0.1) is 17.9 Å². The highest BCUT2D eigenvalue weighted by Crippen LogP contribution is 2.37. The van der Waals surface area contributed by atoms with E-state index in [0.29, 0.717) is 10.7 Å². The van der Waals surface area contributed by atoms with E-state index >= 15 is 0 Å². The Hall–Kier alpha value is -1.66. The van der Waals surface area contributed by atoms with Crippen molar-refractivity contribution in [2.45, 2.75) is 17.4 Å². The second-order valence-electron chi connectivity index (χ2n) is 4.46. The number of aromatic nitrogens is 2. The summed E-state index contributed by atoms with van der Waals surface area (Å²) in [6.07, 6.45) is 4.07. The van der Waals surface area contributed by atoms with E-state index in [0.717, 1.165) is 17.7 Å². The Morgan fingerprint density at radius 2 is 2.40 bits per heavy atom. The summed E-state index contributed by atoms with van der Waals surface area (Å²) in [6.45, 7) is 0. The molecule has 1 aromatic heterocycles. The molecule has 0 saturated heterocycles. The molecule has 7 heteroatoms. The van der Waals surface area contributed by atoms with Crippen molar-refractivity contribution in [1.29, 1.82) is 0 Å². The van der Waals surface area contributed by atoms with Crippen LogP contribution in [0.3, 0.4) is 0 Å². The molecule has 1 atom stereocenters. The van der Waals surface area contributed by atoms with Crippen molar-refractivity contribution in [3.05, 3.63) is 41.2 Å². The number of carbonyl (C=O) groups excluding carboxylic acids is 1. The standard InChI is InChI=1S/C13H13ClN4OS/c14-8-1-2-12-10(5-8)11(3-4-20-12)18-13(19)17-9-6-15-16-7-9/h1-2,5-7,11H,3-4H2,(H,15,16)(H2,17,18,19). The molecule has 0 radical (unpaired) electrons. The van der Waals surface area contributed by atoms with Crippen LogP contribution in [0.4, 0.5) is 10.5 Å². The summed E-state index contributed by atoms with van der Waals surface area (Å²) < 4.78 is 0. The van der Waals surface area contributed by atoms with E-state index in [2.05, 4.69) is 20.8 Å². The number of urea groups is 1. The molecule has 1 aliphatic rings. The maximum absolute atomic E-state index is 12.0. The lowest BCUT2D eigenvalue weighted by atomic mass is 10.0. The molecule has 0 bridgehead atoms. The minimum atomic E-state index is -0.241. The van der Waals surface area contributed by atoms with Crippen LogP contribution in [0.5, 0.6) is 0 Å². The summed E-state index contributed by atoms with van der Waals surface area (Å²) >= 11 is 7.83. The number of nitrogens with one attached hydrogen (secondary N) is 3. The normalized spacial score (nSPS) is 17.4. The lowest BCUT2D eigenvalue weighted by molar-refractivity contribution is 0.248. The third-order valence-corrected chi connectivity index (χ3v) is 4.43. The fraction of sp³-hybridized carbons (Fsp3) is 0.231. The van der Waals surface area contributed by atoms with Crippen molar-refractivity contribution in [2.24, 2.45) is 0 Å². The number of fused-ring (bicyclic) bond motifs is 1. The summed E-state index contributed by atoms with van der Waals surface area (Å²) in [7, 11) is 0. The van der Waals surface area contributed by atoms with Crippen LogP contribution in [0, 0.1) is 0 Å². The second-order valence-corrected chi connectivity index (χ2v) is 6.03. The Kier molecular flexibility index (Phi) is 3.84. The maximum atomic E-state index is 12.0. The molecular formula is C13H13ClN4OS. The van der Waals surface area contributed by atoms with Gasteiger partial charge in [0, 0.05) is 21.9 Å². The number of halogens is 1. The molecule has 20 heavy (non-hydrogen) atoms. The zero-order valence-corrected chi connectivity index (χ0v) is 12.1. The fourth-order valence-corrected chi connectivity index (χ4v) is 3.45. The van der Waals surface area contributed by atoms with Gasteiger partial charge in [-0.3, -0.25) is 5.10 Å². The van der Waals surface area contributed by atoms with Crippen LogP contribution >= 0.6 is 23.4 Å². The highest BCUT2D eigenvalue weighted by Gasteiger charge is 2.22. The first kappa shape index (κ1) is 13.3. The quantitative estimate of drug-likeness (QED) is 0.796. The first-order valence-corrected chi connectivity index (χ1v) is 7.57. The van der Waals surface area contributed by atoms with Gasteiger partial charge in [0.2, 0.25) is 0 Å². The zero-order chi connectivity index (χ0) is 13.9. The number of carbonyl (C=O) groups is 1. The van der Waals surface area contributed by atoms with Crippen molar-refractivity contribution in [3.8, 4) is 0 Å². The molecule has 3 N–H and O–H groups in total. The Morgan fingerprint density at radius 1 is 1.50 bits per heavy atom. The van der Waals surface area contributed by atoms with Gasteiger partial charge in [-0.1, -0.05) is 11.6 Å².